The van der Waals surface area contributed by atoms with Gasteiger partial charge in [0.25, 0.3) is 5.91 Å². The Hall–Kier alpha value is -1.97. The third-order valence-electron chi connectivity index (χ3n) is 5.94. The average Bonchev–Trinajstić information content (AvgIpc) is 2.95. The fourth-order valence-corrected chi connectivity index (χ4v) is 4.48. The van der Waals surface area contributed by atoms with Gasteiger partial charge < -0.3 is 46.2 Å². The van der Waals surface area contributed by atoms with Gasteiger partial charge in [-0.25, -0.2) is 0 Å². The second-order valence-electron chi connectivity index (χ2n) is 9.37. The molecule has 0 aromatic rings. The minimum Gasteiger partial charge on any atom is -0.465 e. The lowest BCUT2D eigenvalue weighted by Crippen LogP contribution is -2.51. The molecule has 0 saturated carbocycles. The first-order valence-corrected chi connectivity index (χ1v) is 15.2. The highest BCUT2D eigenvalue weighted by atomic mass is 32.2. The number of rotatable bonds is 25. The molecule has 0 heterocycles. The van der Waals surface area contributed by atoms with Crippen molar-refractivity contribution in [1.82, 2.24) is 16.0 Å². The van der Waals surface area contributed by atoms with Crippen LogP contribution in [-0.4, -0.2) is 118 Å². The first-order valence-electron chi connectivity index (χ1n) is 14.0. The molecule has 0 bridgehead atoms. The van der Waals surface area contributed by atoms with Gasteiger partial charge in [0.1, 0.15) is 24.9 Å². The van der Waals surface area contributed by atoms with Gasteiger partial charge in [-0.15, -0.1) is 0 Å². The van der Waals surface area contributed by atoms with Crippen molar-refractivity contribution in [1.29, 1.82) is 0 Å². The Morgan fingerprint density at radius 2 is 1.30 bits per heavy atom. The standard InChI is InChI=1S/C26H49N3O10S/c1-2-39-22(34)17-29-21(33)16-28-20(32)12-15-40-14-11-9-7-5-3-4-6-8-10-13-27-26(38)25(37)24(36)23(35)19(31)18-30/h19,23-25,30-31,35-37H,2-18H2,1H3,(H,27,38)(H,28,32)(H,29,33)/t19-,23-,24-,25-/m0/s1. The molecule has 14 heteroatoms. The molecule has 40 heavy (non-hydrogen) atoms. The highest BCUT2D eigenvalue weighted by Crippen LogP contribution is 2.12. The van der Waals surface area contributed by atoms with E-state index in [4.69, 9.17) is 9.84 Å². The Morgan fingerprint density at radius 3 is 1.90 bits per heavy atom. The van der Waals surface area contributed by atoms with Crippen LogP contribution in [0.1, 0.15) is 71.1 Å². The van der Waals surface area contributed by atoms with E-state index in [1.54, 1.807) is 18.7 Å². The number of aliphatic hydroxyl groups is 5. The zero-order chi connectivity index (χ0) is 30.2. The number of ether oxygens (including phenoxy) is 1. The second-order valence-corrected chi connectivity index (χ2v) is 10.6. The largest absolute Gasteiger partial charge is 0.465 e. The van der Waals surface area contributed by atoms with Crippen molar-refractivity contribution < 1.29 is 49.4 Å². The normalized spacial score (nSPS) is 14.1. The van der Waals surface area contributed by atoms with Crippen molar-refractivity contribution in [3.8, 4) is 0 Å². The van der Waals surface area contributed by atoms with Crippen LogP contribution >= 0.6 is 11.8 Å². The number of thioether (sulfide) groups is 1. The Labute approximate surface area is 240 Å². The molecule has 234 valence electrons. The van der Waals surface area contributed by atoms with Gasteiger partial charge in [-0.05, 0) is 25.5 Å². The van der Waals surface area contributed by atoms with Gasteiger partial charge in [0.15, 0.2) is 6.10 Å². The van der Waals surface area contributed by atoms with Gasteiger partial charge >= 0.3 is 5.97 Å². The van der Waals surface area contributed by atoms with E-state index in [0.717, 1.165) is 57.1 Å². The van der Waals surface area contributed by atoms with Gasteiger partial charge in [-0.1, -0.05) is 44.9 Å². The molecule has 0 aliphatic rings. The highest BCUT2D eigenvalue weighted by Gasteiger charge is 2.33. The van der Waals surface area contributed by atoms with Crippen LogP contribution in [0.25, 0.3) is 0 Å². The molecule has 0 aromatic heterocycles. The van der Waals surface area contributed by atoms with E-state index in [0.29, 0.717) is 25.1 Å². The first-order chi connectivity index (χ1) is 19.1. The highest BCUT2D eigenvalue weighted by molar-refractivity contribution is 7.99. The molecular formula is C26H49N3O10S. The summed E-state index contributed by atoms with van der Waals surface area (Å²) in [5.41, 5.74) is 0. The van der Waals surface area contributed by atoms with Crippen LogP contribution in [0, 0.1) is 0 Å². The number of aliphatic hydroxyl groups excluding tert-OH is 5. The van der Waals surface area contributed by atoms with Gasteiger partial charge in [-0.3, -0.25) is 19.2 Å². The number of carbonyl (C=O) groups is 4. The molecular weight excluding hydrogens is 546 g/mol. The third-order valence-corrected chi connectivity index (χ3v) is 7.01. The molecule has 0 rings (SSSR count). The van der Waals surface area contributed by atoms with Crippen LogP contribution < -0.4 is 16.0 Å². The number of esters is 1. The van der Waals surface area contributed by atoms with E-state index in [2.05, 4.69) is 16.0 Å². The first kappa shape index (κ1) is 38.0. The van der Waals surface area contributed by atoms with Gasteiger partial charge in [0.05, 0.1) is 19.8 Å². The molecule has 0 spiro atoms. The molecule has 0 fully saturated rings. The molecule has 3 amide bonds. The van der Waals surface area contributed by atoms with Crippen molar-refractivity contribution in [2.24, 2.45) is 0 Å². The predicted octanol–water partition coefficient (Wildman–Crippen LogP) is -1.03. The maximum atomic E-state index is 11.8. The Morgan fingerprint density at radius 1 is 0.725 bits per heavy atom. The quantitative estimate of drug-likeness (QED) is 0.0472. The van der Waals surface area contributed by atoms with E-state index in [1.165, 1.54) is 0 Å². The van der Waals surface area contributed by atoms with E-state index in [-0.39, 0.29) is 25.6 Å². The summed E-state index contributed by atoms with van der Waals surface area (Å²) in [5, 5.41) is 54.4. The lowest BCUT2D eigenvalue weighted by atomic mass is 10.0. The molecule has 0 aliphatic heterocycles. The number of amides is 3. The molecule has 0 radical (unpaired) electrons. The third kappa shape index (κ3) is 20.0. The van der Waals surface area contributed by atoms with Gasteiger partial charge in [0.2, 0.25) is 11.8 Å². The monoisotopic (exact) mass is 595 g/mol. The smallest absolute Gasteiger partial charge is 0.325 e. The molecule has 0 unspecified atom stereocenters. The zero-order valence-electron chi connectivity index (χ0n) is 23.5. The summed E-state index contributed by atoms with van der Waals surface area (Å²) in [7, 11) is 0. The molecule has 0 aromatic carbocycles. The topological polar surface area (TPSA) is 215 Å². The van der Waals surface area contributed by atoms with Crippen LogP contribution in [0.5, 0.6) is 0 Å². The van der Waals surface area contributed by atoms with Crippen molar-refractivity contribution in [3.05, 3.63) is 0 Å². The number of carbonyl (C=O) groups excluding carboxylic acids is 4. The lowest BCUT2D eigenvalue weighted by Gasteiger charge is -2.24. The average molecular weight is 596 g/mol. The summed E-state index contributed by atoms with van der Waals surface area (Å²) in [6.45, 7) is 1.06. The maximum Gasteiger partial charge on any atom is 0.325 e. The Bertz CT molecular complexity index is 716. The summed E-state index contributed by atoms with van der Waals surface area (Å²) in [5.74, 6) is -0.336. The number of hydrogen-bond donors (Lipinski definition) is 8. The predicted molar refractivity (Wildman–Crippen MR) is 150 cm³/mol. The number of hydrogen-bond acceptors (Lipinski definition) is 11. The summed E-state index contributed by atoms with van der Waals surface area (Å²) in [6, 6.07) is 0. The maximum absolute atomic E-state index is 11.8. The van der Waals surface area contributed by atoms with Gasteiger partial charge in [-0.2, -0.15) is 11.8 Å². The minimum absolute atomic E-state index is 0.167. The summed E-state index contributed by atoms with van der Waals surface area (Å²) in [4.78, 5) is 46.3. The Balaban J connectivity index is 3.53. The molecule has 4 atom stereocenters. The van der Waals surface area contributed by atoms with E-state index in [1.807, 2.05) is 0 Å². The molecule has 8 N–H and O–H groups in total. The van der Waals surface area contributed by atoms with Crippen LogP contribution in [0.3, 0.4) is 0 Å². The van der Waals surface area contributed by atoms with Crippen molar-refractivity contribution >= 4 is 35.5 Å². The van der Waals surface area contributed by atoms with E-state index in [9.17, 15) is 39.6 Å². The SMILES string of the molecule is CCOC(=O)CNC(=O)CNC(=O)CCSCCCCCCCCCCCNC(=O)[C@@H](O)[C@@H](O)[C@@H](O)[C@@H](O)CO. The molecule has 0 aliphatic carbocycles. The molecule has 13 nitrogen and oxygen atoms in total. The van der Waals surface area contributed by atoms with Crippen molar-refractivity contribution in [2.75, 3.05) is 44.4 Å². The number of unbranched alkanes of at least 4 members (excludes halogenated alkanes) is 8. The minimum atomic E-state index is -1.90. The van der Waals surface area contributed by atoms with Gasteiger partial charge in [0, 0.05) is 18.7 Å². The Kier molecular flexibility index (Phi) is 23.6. The van der Waals surface area contributed by atoms with Crippen LogP contribution in [0.2, 0.25) is 0 Å². The van der Waals surface area contributed by atoms with Crippen LogP contribution in [-0.2, 0) is 23.9 Å². The van der Waals surface area contributed by atoms with E-state index >= 15 is 0 Å². The van der Waals surface area contributed by atoms with Crippen molar-refractivity contribution in [2.45, 2.75) is 95.5 Å². The summed E-state index contributed by atoms with van der Waals surface area (Å²) >= 11 is 1.71. The van der Waals surface area contributed by atoms with E-state index < -0.39 is 48.8 Å². The summed E-state index contributed by atoms with van der Waals surface area (Å²) < 4.78 is 4.70. The van der Waals surface area contributed by atoms with Crippen LogP contribution in [0.15, 0.2) is 0 Å². The zero-order valence-corrected chi connectivity index (χ0v) is 24.3. The lowest BCUT2D eigenvalue weighted by molar-refractivity contribution is -0.149. The second kappa shape index (κ2) is 24.8. The number of nitrogens with one attached hydrogen (secondary N) is 3. The summed E-state index contributed by atoms with van der Waals surface area (Å²) in [6.07, 6.45) is 2.43. The van der Waals surface area contributed by atoms with Crippen LogP contribution in [0.4, 0.5) is 0 Å². The van der Waals surface area contributed by atoms with Crippen molar-refractivity contribution in [3.63, 3.8) is 0 Å². The fourth-order valence-electron chi connectivity index (χ4n) is 3.54. The fraction of sp³-hybridized carbons (Fsp3) is 0.846. The molecule has 0 saturated heterocycles.